The maximum absolute atomic E-state index is 13.8. The number of unbranched alkanes of at least 4 members (excludes halogenated alkanes) is 5. The third kappa shape index (κ3) is 18.6. The minimum Gasteiger partial charge on any atom is -0.497 e. The van der Waals surface area contributed by atoms with Gasteiger partial charge in [0.2, 0.25) is 0 Å². The van der Waals surface area contributed by atoms with E-state index in [1.165, 1.54) is 30.3 Å². The van der Waals surface area contributed by atoms with Crippen LogP contribution in [0, 0.1) is 17.3 Å². The van der Waals surface area contributed by atoms with E-state index < -0.39 is 47.1 Å². The first-order valence-corrected chi connectivity index (χ1v) is 22.6. The van der Waals surface area contributed by atoms with Gasteiger partial charge in [0.25, 0.3) is 0 Å². The summed E-state index contributed by atoms with van der Waals surface area (Å²) in [6.45, 7) is 6.73. The Bertz CT molecular complexity index is 2120. The Morgan fingerprint density at radius 3 is 1.74 bits per heavy atom. The van der Waals surface area contributed by atoms with Gasteiger partial charge in [-0.05, 0) is 136 Å². The molecule has 0 fully saturated rings. The molecule has 4 aromatic rings. The third-order valence-electron chi connectivity index (χ3n) is 11.0. The average molecular weight is 909 g/mol. The molecule has 0 aromatic heterocycles. The topological polar surface area (TPSA) is 159 Å². The normalized spacial score (nSPS) is 12.9. The maximum Gasteiger partial charge on any atom is 0.343 e. The molecule has 0 saturated carbocycles. The van der Waals surface area contributed by atoms with Crippen LogP contribution in [0.3, 0.4) is 0 Å². The second-order valence-electron chi connectivity index (χ2n) is 16.2. The van der Waals surface area contributed by atoms with E-state index in [1.54, 1.807) is 82.7 Å². The van der Waals surface area contributed by atoms with E-state index in [0.29, 0.717) is 48.7 Å². The van der Waals surface area contributed by atoms with Gasteiger partial charge in [0, 0.05) is 19.8 Å². The highest BCUT2D eigenvalue weighted by Gasteiger charge is 2.40. The van der Waals surface area contributed by atoms with Crippen LogP contribution >= 0.6 is 0 Å². The molecular weight excluding hydrogens is 845 g/mol. The second-order valence-corrected chi connectivity index (χ2v) is 16.2. The molecule has 13 nitrogen and oxygen atoms in total. The predicted octanol–water partition coefficient (Wildman–Crippen LogP) is 10.4. The van der Waals surface area contributed by atoms with Crippen molar-refractivity contribution in [1.82, 2.24) is 0 Å². The molecule has 0 amide bonds. The molecule has 0 spiro atoms. The van der Waals surface area contributed by atoms with Crippen LogP contribution in [0.5, 0.6) is 28.7 Å². The molecule has 354 valence electrons. The van der Waals surface area contributed by atoms with Gasteiger partial charge >= 0.3 is 29.8 Å². The van der Waals surface area contributed by atoms with Crippen molar-refractivity contribution in [3.8, 4) is 28.7 Å². The predicted molar refractivity (Wildman–Crippen MR) is 249 cm³/mol. The molecule has 4 rings (SSSR count). The Labute approximate surface area is 388 Å². The largest absolute Gasteiger partial charge is 0.497 e. The first-order valence-electron chi connectivity index (χ1n) is 22.6. The van der Waals surface area contributed by atoms with Crippen molar-refractivity contribution < 1.29 is 61.9 Å². The Morgan fingerprint density at radius 2 is 1.12 bits per heavy atom. The zero-order valence-corrected chi connectivity index (χ0v) is 38.8. The minimum absolute atomic E-state index is 0.0659. The molecular formula is C53H64O13. The summed E-state index contributed by atoms with van der Waals surface area (Å²) in [5.41, 5.74) is 0.0898. The monoisotopic (exact) mass is 908 g/mol. The van der Waals surface area contributed by atoms with Gasteiger partial charge in [-0.2, -0.15) is 0 Å². The molecule has 0 saturated heterocycles. The lowest BCUT2D eigenvalue weighted by molar-refractivity contribution is -0.155. The summed E-state index contributed by atoms with van der Waals surface area (Å²) in [5, 5.41) is 0. The van der Waals surface area contributed by atoms with Crippen molar-refractivity contribution >= 4 is 35.9 Å². The van der Waals surface area contributed by atoms with Crippen LogP contribution in [-0.2, 0) is 33.4 Å². The number of methoxy groups -OCH3 is 2. The SMILES string of the molecule is CCC(C)(CC(CC(C)C(=O)OCCCCCCCOC)C(=O)OCCCCOc1ccc(C(=O)Oc2ccc(OC)cc2)cc1)C(=O)Oc1ccc(OC(=O)/C=C/c2ccccc2)cc1. The van der Waals surface area contributed by atoms with Crippen LogP contribution < -0.4 is 23.7 Å². The molecule has 0 bridgehead atoms. The van der Waals surface area contributed by atoms with Gasteiger partial charge in [0.15, 0.2) is 0 Å². The van der Waals surface area contributed by atoms with E-state index in [0.717, 1.165) is 44.3 Å². The van der Waals surface area contributed by atoms with Crippen LogP contribution in [0.15, 0.2) is 109 Å². The van der Waals surface area contributed by atoms with Crippen molar-refractivity contribution in [3.05, 3.63) is 120 Å². The van der Waals surface area contributed by atoms with Gasteiger partial charge in [-0.1, -0.05) is 63.4 Å². The fraction of sp³-hybridized carbons (Fsp3) is 0.415. The highest BCUT2D eigenvalue weighted by molar-refractivity contribution is 5.91. The number of hydrogen-bond donors (Lipinski definition) is 0. The summed E-state index contributed by atoms with van der Waals surface area (Å²) in [5.74, 6) is -1.90. The number of carbonyl (C=O) groups is 5. The zero-order chi connectivity index (χ0) is 47.6. The van der Waals surface area contributed by atoms with Gasteiger partial charge < -0.3 is 37.9 Å². The molecule has 13 heteroatoms. The lowest BCUT2D eigenvalue weighted by atomic mass is 9.76. The first-order chi connectivity index (χ1) is 31.9. The van der Waals surface area contributed by atoms with Crippen molar-refractivity contribution in [2.45, 2.75) is 85.0 Å². The number of esters is 5. The van der Waals surface area contributed by atoms with E-state index in [4.69, 9.17) is 37.9 Å². The van der Waals surface area contributed by atoms with E-state index in [9.17, 15) is 24.0 Å². The molecule has 3 unspecified atom stereocenters. The molecule has 4 aromatic carbocycles. The Hall–Kier alpha value is -6.47. The van der Waals surface area contributed by atoms with Gasteiger partial charge in [0.05, 0.1) is 49.7 Å². The van der Waals surface area contributed by atoms with Crippen molar-refractivity contribution in [1.29, 1.82) is 0 Å². The molecule has 0 N–H and O–H groups in total. The summed E-state index contributed by atoms with van der Waals surface area (Å²) in [6, 6.07) is 28.8. The Morgan fingerprint density at radius 1 is 0.591 bits per heavy atom. The number of rotatable bonds is 29. The first kappa shape index (κ1) is 52.2. The molecule has 3 atom stereocenters. The minimum atomic E-state index is -1.13. The highest BCUT2D eigenvalue weighted by Crippen LogP contribution is 2.36. The number of hydrogen-bond acceptors (Lipinski definition) is 13. The summed E-state index contributed by atoms with van der Waals surface area (Å²) >= 11 is 0. The van der Waals surface area contributed by atoms with E-state index in [2.05, 4.69) is 0 Å². The molecule has 0 aliphatic carbocycles. The summed E-state index contributed by atoms with van der Waals surface area (Å²) < 4.78 is 44.1. The van der Waals surface area contributed by atoms with Gasteiger partial charge in [0.1, 0.15) is 28.7 Å². The molecule has 0 heterocycles. The number of carbonyl (C=O) groups excluding carboxylic acids is 5. The molecule has 0 aliphatic rings. The van der Waals surface area contributed by atoms with E-state index >= 15 is 0 Å². The lowest BCUT2D eigenvalue weighted by Crippen LogP contribution is -2.37. The average Bonchev–Trinajstić information content (AvgIpc) is 3.33. The van der Waals surface area contributed by atoms with Crippen LogP contribution in [0.2, 0.25) is 0 Å². The smallest absolute Gasteiger partial charge is 0.343 e. The van der Waals surface area contributed by atoms with Crippen molar-refractivity contribution in [2.75, 3.05) is 40.6 Å². The van der Waals surface area contributed by atoms with Crippen LogP contribution in [0.4, 0.5) is 0 Å². The van der Waals surface area contributed by atoms with E-state index in [-0.39, 0.29) is 37.6 Å². The summed E-state index contributed by atoms with van der Waals surface area (Å²) in [4.78, 5) is 65.6. The quantitative estimate of drug-likeness (QED) is 0.0219. The lowest BCUT2D eigenvalue weighted by Gasteiger charge is -2.30. The Kier molecular flexibility index (Phi) is 22.5. The van der Waals surface area contributed by atoms with E-state index in [1.807, 2.05) is 37.3 Å². The van der Waals surface area contributed by atoms with Gasteiger partial charge in [-0.25, -0.2) is 9.59 Å². The fourth-order valence-corrected chi connectivity index (χ4v) is 6.76. The standard InChI is InChI=1S/C53H64O13/c1-6-53(3,52(58)66-47-30-28-45(29-31-47)64-48(54)32-19-40-17-11-10-12-18-40)38-42(37-39(2)49(55)62-35-14-9-7-8-13-33-59-4)50(56)63-36-16-15-34-61-44-22-20-41(21-23-44)51(57)65-46-26-24-43(60-5)25-27-46/h10-12,17-32,39,42H,6-9,13-16,33-38H2,1-5H3/b32-19+. The molecule has 0 aliphatic heterocycles. The van der Waals surface area contributed by atoms with Crippen molar-refractivity contribution in [2.24, 2.45) is 17.3 Å². The van der Waals surface area contributed by atoms with Gasteiger partial charge in [-0.15, -0.1) is 0 Å². The van der Waals surface area contributed by atoms with Crippen LogP contribution in [0.1, 0.15) is 101 Å². The molecule has 0 radical (unpaired) electrons. The zero-order valence-electron chi connectivity index (χ0n) is 38.8. The Balaban J connectivity index is 1.29. The second kappa shape index (κ2) is 28.4. The number of benzene rings is 4. The van der Waals surface area contributed by atoms with Gasteiger partial charge in [-0.3, -0.25) is 14.4 Å². The van der Waals surface area contributed by atoms with Crippen LogP contribution in [-0.4, -0.2) is 70.5 Å². The number of ether oxygens (including phenoxy) is 8. The van der Waals surface area contributed by atoms with Crippen LogP contribution in [0.25, 0.3) is 6.08 Å². The summed E-state index contributed by atoms with van der Waals surface area (Å²) in [7, 11) is 3.24. The molecule has 66 heavy (non-hydrogen) atoms. The highest BCUT2D eigenvalue weighted by atomic mass is 16.6. The summed E-state index contributed by atoms with van der Waals surface area (Å²) in [6.07, 6.45) is 9.27. The third-order valence-corrected chi connectivity index (χ3v) is 11.0. The fourth-order valence-electron chi connectivity index (χ4n) is 6.76. The van der Waals surface area contributed by atoms with Crippen molar-refractivity contribution in [3.63, 3.8) is 0 Å². The maximum atomic E-state index is 13.8.